The van der Waals surface area contributed by atoms with E-state index in [-0.39, 0.29) is 11.1 Å². The lowest BCUT2D eigenvalue weighted by Crippen LogP contribution is -2.18. The van der Waals surface area contributed by atoms with Crippen LogP contribution >= 0.6 is 11.8 Å². The summed E-state index contributed by atoms with van der Waals surface area (Å²) in [5.74, 6) is 0. The van der Waals surface area contributed by atoms with Crippen molar-refractivity contribution < 1.29 is 34.8 Å². The van der Waals surface area contributed by atoms with Gasteiger partial charge in [-0.2, -0.15) is 31.6 Å². The maximum atomic E-state index is 12.9. The van der Waals surface area contributed by atoms with E-state index >= 15 is 0 Å². The molecule has 0 atom stereocenters. The molecule has 1 rings (SSSR count). The molecule has 27 heavy (non-hydrogen) atoms. The van der Waals surface area contributed by atoms with Crippen molar-refractivity contribution in [3.05, 3.63) is 39.3 Å². The zero-order valence-electron chi connectivity index (χ0n) is 14.2. The van der Waals surface area contributed by atoms with E-state index in [0.29, 0.717) is 23.9 Å². The Bertz CT molecular complexity index is 849. The maximum Gasteiger partial charge on any atom is 0.416 e. The largest absolute Gasteiger partial charge is 0.416 e. The molecule has 0 radical (unpaired) electrons. The van der Waals surface area contributed by atoms with Crippen molar-refractivity contribution in [2.24, 2.45) is 0 Å². The molecule has 0 fully saturated rings. The third kappa shape index (κ3) is 5.55. The Morgan fingerprint density at radius 1 is 1.07 bits per heavy atom. The number of nitriles is 1. The van der Waals surface area contributed by atoms with Crippen molar-refractivity contribution in [2.45, 2.75) is 31.5 Å². The van der Waals surface area contributed by atoms with Gasteiger partial charge in [0.15, 0.2) is 14.7 Å². The lowest BCUT2D eigenvalue weighted by atomic mass is 10.1. The standard InChI is InChI=1S/C15H14F6N2O2S2/c1-8(2)27(24,25)12(7-22)13(26-3)23-11-5-9(14(16,17)18)4-10(6-11)15(19,20)21/h4-6,8,23H,1-3H3. The Kier molecular flexibility index (Phi) is 6.88. The van der Waals surface area contributed by atoms with E-state index in [1.165, 1.54) is 26.2 Å². The number of benzene rings is 1. The van der Waals surface area contributed by atoms with Crippen LogP contribution in [-0.2, 0) is 22.2 Å². The number of hydrogen-bond acceptors (Lipinski definition) is 5. The lowest BCUT2D eigenvalue weighted by molar-refractivity contribution is -0.143. The van der Waals surface area contributed by atoms with Gasteiger partial charge in [-0.25, -0.2) is 8.42 Å². The number of thioether (sulfide) groups is 1. The number of sulfone groups is 1. The Labute approximate surface area is 156 Å². The summed E-state index contributed by atoms with van der Waals surface area (Å²) in [5.41, 5.74) is -3.77. The smallest absolute Gasteiger partial charge is 0.349 e. The van der Waals surface area contributed by atoms with E-state index in [1.807, 2.05) is 0 Å². The second-order valence-electron chi connectivity index (χ2n) is 5.49. The predicted molar refractivity (Wildman–Crippen MR) is 90.3 cm³/mol. The molecule has 12 heteroatoms. The second kappa shape index (κ2) is 8.02. The van der Waals surface area contributed by atoms with Gasteiger partial charge in [0.25, 0.3) is 0 Å². The molecule has 1 aromatic rings. The van der Waals surface area contributed by atoms with Crippen molar-refractivity contribution in [3.8, 4) is 6.07 Å². The van der Waals surface area contributed by atoms with Gasteiger partial charge in [-0.15, -0.1) is 11.8 Å². The summed E-state index contributed by atoms with van der Waals surface area (Å²) in [6.45, 7) is 2.58. The first-order valence-electron chi connectivity index (χ1n) is 7.13. The summed E-state index contributed by atoms with van der Waals surface area (Å²) in [6, 6.07) is 2.21. The molecule has 0 aliphatic rings. The van der Waals surface area contributed by atoms with Crippen LogP contribution < -0.4 is 5.32 Å². The van der Waals surface area contributed by atoms with E-state index in [9.17, 15) is 34.8 Å². The highest BCUT2D eigenvalue weighted by Crippen LogP contribution is 2.38. The minimum atomic E-state index is -5.05. The van der Waals surface area contributed by atoms with Crippen LogP contribution in [0.2, 0.25) is 0 Å². The highest BCUT2D eigenvalue weighted by atomic mass is 32.2. The fourth-order valence-corrected chi connectivity index (χ4v) is 3.80. The highest BCUT2D eigenvalue weighted by molar-refractivity contribution is 8.04. The van der Waals surface area contributed by atoms with Crippen LogP contribution in [0, 0.1) is 11.3 Å². The molecule has 1 N–H and O–H groups in total. The van der Waals surface area contributed by atoms with Gasteiger partial charge in [-0.3, -0.25) is 0 Å². The van der Waals surface area contributed by atoms with Crippen LogP contribution in [0.5, 0.6) is 0 Å². The molecule has 0 amide bonds. The molecule has 0 aliphatic carbocycles. The molecule has 0 unspecified atom stereocenters. The minimum absolute atomic E-state index is 0.0519. The van der Waals surface area contributed by atoms with Crippen LogP contribution in [0.25, 0.3) is 0 Å². The van der Waals surface area contributed by atoms with Gasteiger partial charge in [0.2, 0.25) is 0 Å². The number of anilines is 1. The van der Waals surface area contributed by atoms with Gasteiger partial charge in [0.05, 0.1) is 16.4 Å². The average molecular weight is 432 g/mol. The van der Waals surface area contributed by atoms with E-state index < -0.39 is 49.2 Å². The van der Waals surface area contributed by atoms with E-state index in [0.717, 1.165) is 0 Å². The summed E-state index contributed by atoms with van der Waals surface area (Å²) in [6.07, 6.45) is -8.78. The zero-order valence-corrected chi connectivity index (χ0v) is 15.8. The first kappa shape index (κ1) is 23.2. The van der Waals surface area contributed by atoms with Gasteiger partial charge in [-0.1, -0.05) is 0 Å². The molecule has 0 saturated heterocycles. The quantitative estimate of drug-likeness (QED) is 0.523. The molecule has 4 nitrogen and oxygen atoms in total. The van der Waals surface area contributed by atoms with Crippen LogP contribution in [-0.4, -0.2) is 19.9 Å². The van der Waals surface area contributed by atoms with Crippen LogP contribution in [0.4, 0.5) is 32.0 Å². The van der Waals surface area contributed by atoms with Gasteiger partial charge in [-0.05, 0) is 38.3 Å². The van der Waals surface area contributed by atoms with Crippen LogP contribution in [0.1, 0.15) is 25.0 Å². The highest BCUT2D eigenvalue weighted by Gasteiger charge is 2.37. The van der Waals surface area contributed by atoms with Gasteiger partial charge in [0.1, 0.15) is 11.1 Å². The van der Waals surface area contributed by atoms with Crippen LogP contribution in [0.15, 0.2) is 28.1 Å². The average Bonchev–Trinajstić information content (AvgIpc) is 2.52. The first-order valence-corrected chi connectivity index (χ1v) is 9.90. The Hall–Kier alpha value is -1.87. The summed E-state index contributed by atoms with van der Waals surface area (Å²) in [7, 11) is -4.11. The Morgan fingerprint density at radius 2 is 1.52 bits per heavy atom. The monoisotopic (exact) mass is 432 g/mol. The van der Waals surface area contributed by atoms with Gasteiger partial charge < -0.3 is 5.32 Å². The van der Waals surface area contributed by atoms with Gasteiger partial charge in [0, 0.05) is 5.69 Å². The fourth-order valence-electron chi connectivity index (χ4n) is 1.84. The summed E-state index contributed by atoms with van der Waals surface area (Å²) in [4.78, 5) is -0.768. The van der Waals surface area contributed by atoms with Gasteiger partial charge >= 0.3 is 12.4 Å². The number of halogens is 6. The van der Waals surface area contributed by atoms with E-state index in [1.54, 1.807) is 0 Å². The normalized spacial score (nSPS) is 14.0. The predicted octanol–water partition coefficient (Wildman–Crippen LogP) is 5.01. The summed E-state index contributed by atoms with van der Waals surface area (Å²) < 4.78 is 102. The molecule has 0 aliphatic heterocycles. The van der Waals surface area contributed by atoms with Crippen molar-refractivity contribution in [3.63, 3.8) is 0 Å². The first-order chi connectivity index (χ1) is 12.1. The third-order valence-corrected chi connectivity index (χ3v) is 6.21. The maximum absolute atomic E-state index is 12.9. The SMILES string of the molecule is CSC(Nc1cc(C(F)(F)F)cc(C(F)(F)F)c1)=C(C#N)S(=O)(=O)C(C)C. The van der Waals surface area contributed by atoms with Crippen molar-refractivity contribution in [1.82, 2.24) is 0 Å². The fraction of sp³-hybridized carbons (Fsp3) is 0.400. The number of hydrogen-bond donors (Lipinski definition) is 1. The number of alkyl halides is 6. The third-order valence-electron chi connectivity index (χ3n) is 3.26. The molecule has 0 aromatic heterocycles. The minimum Gasteiger partial charge on any atom is -0.349 e. The molecule has 0 heterocycles. The summed E-state index contributed by atoms with van der Waals surface area (Å²) in [5, 5.41) is 9.98. The lowest BCUT2D eigenvalue weighted by Gasteiger charge is -2.17. The summed E-state index contributed by atoms with van der Waals surface area (Å²) >= 11 is 0.673. The van der Waals surface area contributed by atoms with Crippen molar-refractivity contribution in [1.29, 1.82) is 5.26 Å². The molecule has 0 bridgehead atoms. The number of allylic oxidation sites excluding steroid dienone is 1. The Morgan fingerprint density at radius 3 is 1.81 bits per heavy atom. The molecule has 1 aromatic carbocycles. The van der Waals surface area contributed by atoms with E-state index in [2.05, 4.69) is 5.32 Å². The zero-order chi connectivity index (χ0) is 21.2. The number of nitrogens with zero attached hydrogens (tertiary/aromatic N) is 1. The molecular weight excluding hydrogens is 418 g/mol. The second-order valence-corrected chi connectivity index (χ2v) is 8.75. The van der Waals surface area contributed by atoms with E-state index in [4.69, 9.17) is 5.26 Å². The topological polar surface area (TPSA) is 70.0 Å². The number of nitrogens with one attached hydrogen (secondary N) is 1. The number of rotatable bonds is 5. The van der Waals surface area contributed by atoms with Crippen LogP contribution in [0.3, 0.4) is 0 Å². The molecule has 0 spiro atoms. The molecular formula is C15H14F6N2O2S2. The molecule has 150 valence electrons. The van der Waals surface area contributed by atoms with Crippen molar-refractivity contribution in [2.75, 3.05) is 11.6 Å². The van der Waals surface area contributed by atoms with Crippen molar-refractivity contribution >= 4 is 27.3 Å². The Balaban J connectivity index is 3.62. The molecule has 0 saturated carbocycles.